The van der Waals surface area contributed by atoms with Gasteiger partial charge >= 0.3 is 5.97 Å². The third-order valence-corrected chi connectivity index (χ3v) is 4.84. The van der Waals surface area contributed by atoms with Crippen LogP contribution >= 0.6 is 11.6 Å². The number of benzene rings is 2. The highest BCUT2D eigenvalue weighted by Crippen LogP contribution is 2.35. The van der Waals surface area contributed by atoms with E-state index >= 15 is 0 Å². The summed E-state index contributed by atoms with van der Waals surface area (Å²) in [5.41, 5.74) is 1.04. The topological polar surface area (TPSA) is 94.2 Å². The van der Waals surface area contributed by atoms with E-state index in [1.54, 1.807) is 49.6 Å². The number of hydrogen-bond donors (Lipinski definition) is 1. The molecule has 158 valence electrons. The molecule has 0 aliphatic carbocycles. The highest BCUT2D eigenvalue weighted by molar-refractivity contribution is 6.31. The van der Waals surface area contributed by atoms with Gasteiger partial charge in [0.15, 0.2) is 6.61 Å². The molecular formula is C21H21ClN2O6. The molecule has 0 saturated carbocycles. The van der Waals surface area contributed by atoms with E-state index in [1.165, 1.54) is 12.0 Å². The average Bonchev–Trinajstić information content (AvgIpc) is 3.14. The largest absolute Gasteiger partial charge is 0.497 e. The maximum Gasteiger partial charge on any atom is 0.311 e. The van der Waals surface area contributed by atoms with Crippen LogP contribution in [-0.2, 0) is 19.1 Å². The number of anilines is 2. The summed E-state index contributed by atoms with van der Waals surface area (Å²) >= 11 is 6.03. The van der Waals surface area contributed by atoms with Crippen LogP contribution in [0.1, 0.15) is 6.42 Å². The molecule has 2 amide bonds. The fraction of sp³-hybridized carbons (Fsp3) is 0.286. The van der Waals surface area contributed by atoms with Gasteiger partial charge in [-0.1, -0.05) is 11.6 Å². The van der Waals surface area contributed by atoms with Gasteiger partial charge in [0.25, 0.3) is 5.91 Å². The van der Waals surface area contributed by atoms with E-state index in [0.29, 0.717) is 27.9 Å². The van der Waals surface area contributed by atoms with Crippen molar-refractivity contribution in [1.82, 2.24) is 0 Å². The number of hydrogen-bond acceptors (Lipinski definition) is 6. The number of amides is 2. The van der Waals surface area contributed by atoms with Crippen molar-refractivity contribution >= 4 is 40.8 Å². The first kappa shape index (κ1) is 21.4. The molecule has 30 heavy (non-hydrogen) atoms. The first-order valence-corrected chi connectivity index (χ1v) is 9.53. The summed E-state index contributed by atoms with van der Waals surface area (Å²) in [6, 6.07) is 11.6. The lowest BCUT2D eigenvalue weighted by Crippen LogP contribution is -2.28. The number of nitrogens with zero attached hydrogens (tertiary/aromatic N) is 1. The van der Waals surface area contributed by atoms with Crippen molar-refractivity contribution in [2.45, 2.75) is 6.42 Å². The minimum absolute atomic E-state index is 0.0192. The lowest BCUT2D eigenvalue weighted by atomic mass is 10.1. The van der Waals surface area contributed by atoms with Crippen molar-refractivity contribution < 1.29 is 28.6 Å². The molecule has 1 heterocycles. The lowest BCUT2D eigenvalue weighted by molar-refractivity contribution is -0.151. The molecule has 1 saturated heterocycles. The first-order chi connectivity index (χ1) is 14.4. The van der Waals surface area contributed by atoms with Crippen LogP contribution in [0.3, 0.4) is 0 Å². The van der Waals surface area contributed by atoms with Crippen LogP contribution in [0.15, 0.2) is 42.5 Å². The van der Waals surface area contributed by atoms with Gasteiger partial charge in [-0.15, -0.1) is 0 Å². The molecular weight excluding hydrogens is 412 g/mol. The van der Waals surface area contributed by atoms with Gasteiger partial charge in [-0.25, -0.2) is 0 Å². The maximum absolute atomic E-state index is 12.4. The van der Waals surface area contributed by atoms with Crippen LogP contribution < -0.4 is 19.7 Å². The van der Waals surface area contributed by atoms with Crippen LogP contribution in [0.4, 0.5) is 11.4 Å². The molecule has 0 spiro atoms. The van der Waals surface area contributed by atoms with Crippen molar-refractivity contribution in [3.05, 3.63) is 47.5 Å². The molecule has 3 rings (SSSR count). The van der Waals surface area contributed by atoms with Crippen LogP contribution in [-0.4, -0.2) is 45.2 Å². The Morgan fingerprint density at radius 1 is 1.13 bits per heavy atom. The predicted octanol–water partition coefficient (Wildman–Crippen LogP) is 2.89. The fourth-order valence-corrected chi connectivity index (χ4v) is 3.26. The number of esters is 1. The predicted molar refractivity (Wildman–Crippen MR) is 111 cm³/mol. The maximum atomic E-state index is 12.4. The zero-order valence-electron chi connectivity index (χ0n) is 16.5. The molecule has 2 aromatic carbocycles. The summed E-state index contributed by atoms with van der Waals surface area (Å²) in [7, 11) is 3.03. The Morgan fingerprint density at radius 3 is 2.53 bits per heavy atom. The summed E-state index contributed by atoms with van der Waals surface area (Å²) in [5, 5.41) is 3.07. The Bertz CT molecular complexity index is 947. The van der Waals surface area contributed by atoms with E-state index in [-0.39, 0.29) is 18.9 Å². The summed E-state index contributed by atoms with van der Waals surface area (Å²) < 4.78 is 15.4. The highest BCUT2D eigenvalue weighted by Gasteiger charge is 2.37. The fourth-order valence-electron chi connectivity index (χ4n) is 3.10. The third-order valence-electron chi connectivity index (χ3n) is 4.61. The summed E-state index contributed by atoms with van der Waals surface area (Å²) in [5.74, 6) is -0.898. The van der Waals surface area contributed by atoms with Crippen LogP contribution in [0.5, 0.6) is 11.5 Å². The SMILES string of the molecule is COc1ccc(NC(=O)COC(=O)[C@@H]2CC(=O)N(c3cc(Cl)ccc3OC)C2)cc1. The first-order valence-electron chi connectivity index (χ1n) is 9.15. The lowest BCUT2D eigenvalue weighted by Gasteiger charge is -2.19. The summed E-state index contributed by atoms with van der Waals surface area (Å²) in [4.78, 5) is 38.3. The summed E-state index contributed by atoms with van der Waals surface area (Å²) in [6.45, 7) is -0.329. The van der Waals surface area contributed by atoms with Crippen molar-refractivity contribution in [2.75, 3.05) is 37.6 Å². The van der Waals surface area contributed by atoms with Crippen LogP contribution in [0.2, 0.25) is 5.02 Å². The molecule has 1 atom stereocenters. The van der Waals surface area contributed by atoms with E-state index in [4.69, 9.17) is 25.8 Å². The van der Waals surface area contributed by atoms with Gasteiger partial charge in [-0.3, -0.25) is 14.4 Å². The molecule has 1 aliphatic rings. The van der Waals surface area contributed by atoms with E-state index in [1.807, 2.05) is 0 Å². The molecule has 0 radical (unpaired) electrons. The highest BCUT2D eigenvalue weighted by atomic mass is 35.5. The monoisotopic (exact) mass is 432 g/mol. The second-order valence-electron chi connectivity index (χ2n) is 6.61. The Labute approximate surface area is 178 Å². The molecule has 0 aromatic heterocycles. The second kappa shape index (κ2) is 9.49. The molecule has 8 nitrogen and oxygen atoms in total. The van der Waals surface area contributed by atoms with E-state index in [0.717, 1.165) is 0 Å². The number of carbonyl (C=O) groups excluding carboxylic acids is 3. The summed E-state index contributed by atoms with van der Waals surface area (Å²) in [6.07, 6.45) is -0.0192. The molecule has 2 aromatic rings. The van der Waals surface area contributed by atoms with E-state index < -0.39 is 24.4 Å². The van der Waals surface area contributed by atoms with Crippen LogP contribution in [0.25, 0.3) is 0 Å². The molecule has 9 heteroatoms. The zero-order valence-corrected chi connectivity index (χ0v) is 17.3. The Balaban J connectivity index is 1.55. The van der Waals surface area contributed by atoms with Gasteiger partial charge in [0, 0.05) is 23.7 Å². The second-order valence-corrected chi connectivity index (χ2v) is 7.04. The number of halogens is 1. The smallest absolute Gasteiger partial charge is 0.311 e. The molecule has 1 N–H and O–H groups in total. The number of nitrogens with one attached hydrogen (secondary N) is 1. The van der Waals surface area contributed by atoms with E-state index in [9.17, 15) is 14.4 Å². The van der Waals surface area contributed by atoms with Gasteiger partial charge in [0.1, 0.15) is 11.5 Å². The third kappa shape index (κ3) is 5.01. The normalized spacial score (nSPS) is 15.6. The van der Waals surface area contributed by atoms with Crippen molar-refractivity contribution in [3.63, 3.8) is 0 Å². The number of carbonyl (C=O) groups is 3. The molecule has 0 bridgehead atoms. The minimum Gasteiger partial charge on any atom is -0.497 e. The van der Waals surface area contributed by atoms with Gasteiger partial charge in [0.2, 0.25) is 5.91 Å². The van der Waals surface area contributed by atoms with Gasteiger partial charge in [-0.05, 0) is 42.5 Å². The van der Waals surface area contributed by atoms with Crippen molar-refractivity contribution in [2.24, 2.45) is 5.92 Å². The number of rotatable bonds is 7. The Morgan fingerprint density at radius 2 is 1.87 bits per heavy atom. The zero-order chi connectivity index (χ0) is 21.7. The Kier molecular flexibility index (Phi) is 6.79. The van der Waals surface area contributed by atoms with Crippen molar-refractivity contribution in [3.8, 4) is 11.5 Å². The minimum atomic E-state index is -0.685. The van der Waals surface area contributed by atoms with Gasteiger partial charge < -0.3 is 24.4 Å². The molecule has 1 fully saturated rings. The molecule has 0 unspecified atom stereocenters. The van der Waals surface area contributed by atoms with Crippen molar-refractivity contribution in [1.29, 1.82) is 0 Å². The average molecular weight is 433 g/mol. The number of methoxy groups -OCH3 is 2. The standard InChI is InChI=1S/C21H21ClN2O6/c1-28-16-6-4-15(5-7-16)23-19(25)12-30-21(27)13-9-20(26)24(11-13)17-10-14(22)3-8-18(17)29-2/h3-8,10,13H,9,11-12H2,1-2H3,(H,23,25)/t13-/m1/s1. The Hall–Kier alpha value is -3.26. The van der Waals surface area contributed by atoms with E-state index in [2.05, 4.69) is 5.32 Å². The van der Waals surface area contributed by atoms with Gasteiger partial charge in [-0.2, -0.15) is 0 Å². The quantitative estimate of drug-likeness (QED) is 0.676. The molecule has 1 aliphatic heterocycles. The van der Waals surface area contributed by atoms with Gasteiger partial charge in [0.05, 0.1) is 25.8 Å². The number of ether oxygens (including phenoxy) is 3. The van der Waals surface area contributed by atoms with Crippen LogP contribution in [0, 0.1) is 5.92 Å².